The summed E-state index contributed by atoms with van der Waals surface area (Å²) in [7, 11) is 0. The van der Waals surface area contributed by atoms with Crippen LogP contribution in [0.1, 0.15) is 12.8 Å². The van der Waals surface area contributed by atoms with Crippen LogP contribution in [0.2, 0.25) is 0 Å². The molecule has 0 heterocycles. The highest BCUT2D eigenvalue weighted by atomic mass is 35.5. The Morgan fingerprint density at radius 2 is 1.76 bits per heavy atom. The smallest absolute Gasteiger partial charge is 0.410 e. The van der Waals surface area contributed by atoms with Gasteiger partial charge < -0.3 is 4.74 Å². The van der Waals surface area contributed by atoms with E-state index in [2.05, 4.69) is 4.74 Å². The molecule has 0 N–H and O–H groups in total. The van der Waals surface area contributed by atoms with Crippen molar-refractivity contribution >= 4 is 11.6 Å². The molecule has 1 nitrogen and oxygen atoms in total. The van der Waals surface area contributed by atoms with Crippen LogP contribution in [0, 0.1) is 0 Å². The summed E-state index contributed by atoms with van der Waals surface area (Å²) in [6, 6.07) is 0. The van der Waals surface area contributed by atoms with Crippen molar-refractivity contribution in [3.05, 3.63) is 23.0 Å². The van der Waals surface area contributed by atoms with Gasteiger partial charge in [-0.1, -0.05) is 6.08 Å². The number of halogens is 7. The van der Waals surface area contributed by atoms with E-state index >= 15 is 0 Å². The minimum atomic E-state index is -5.14. The third-order valence-corrected chi connectivity index (χ3v) is 2.32. The largest absolute Gasteiger partial charge is 0.572 e. The van der Waals surface area contributed by atoms with Gasteiger partial charge in [0.05, 0.1) is 5.57 Å². The molecule has 8 heteroatoms. The maximum absolute atomic E-state index is 12.6. The molecule has 1 rings (SSSR count). The van der Waals surface area contributed by atoms with Crippen molar-refractivity contribution in [1.29, 1.82) is 0 Å². The molecule has 17 heavy (non-hydrogen) atoms. The lowest BCUT2D eigenvalue weighted by Crippen LogP contribution is -2.24. The molecule has 0 aromatic heterocycles. The molecule has 0 aliphatic heterocycles. The second kappa shape index (κ2) is 4.80. The van der Waals surface area contributed by atoms with E-state index in [-0.39, 0.29) is 12.0 Å². The van der Waals surface area contributed by atoms with Gasteiger partial charge in [-0.3, -0.25) is 0 Å². The molecule has 0 fully saturated rings. The highest BCUT2D eigenvalue weighted by Gasteiger charge is 2.43. The second-order valence-electron chi connectivity index (χ2n) is 3.25. The van der Waals surface area contributed by atoms with Gasteiger partial charge in [0.15, 0.2) is 0 Å². The quantitative estimate of drug-likeness (QED) is 0.541. The Hall–Kier alpha value is -0.850. The first-order chi connectivity index (χ1) is 7.65. The minimum absolute atomic E-state index is 0.0348. The van der Waals surface area contributed by atoms with Gasteiger partial charge in [0.1, 0.15) is 5.76 Å². The number of hydrogen-bond donors (Lipinski definition) is 0. The summed E-state index contributed by atoms with van der Waals surface area (Å²) in [4.78, 5) is 0. The first kappa shape index (κ1) is 14.2. The molecule has 0 bridgehead atoms. The highest BCUT2D eigenvalue weighted by Crippen LogP contribution is 2.40. The second-order valence-corrected chi connectivity index (χ2v) is 3.51. The zero-order chi connectivity index (χ0) is 13.3. The minimum Gasteiger partial charge on any atom is -0.410 e. The highest BCUT2D eigenvalue weighted by molar-refractivity contribution is 6.19. The molecular formula is C9H7ClF6O. The van der Waals surface area contributed by atoms with E-state index in [4.69, 9.17) is 11.6 Å². The lowest BCUT2D eigenvalue weighted by atomic mass is 9.97. The van der Waals surface area contributed by atoms with Crippen LogP contribution in [0.4, 0.5) is 26.3 Å². The first-order valence-corrected chi connectivity index (χ1v) is 5.00. The van der Waals surface area contributed by atoms with Crippen LogP contribution in [0.25, 0.3) is 0 Å². The van der Waals surface area contributed by atoms with E-state index in [1.54, 1.807) is 0 Å². The third kappa shape index (κ3) is 3.83. The standard InChI is InChI=1S/C9H7ClF6O/c10-4-5-2-1-3-6(17-9(14,15)16)7(5)8(11,12)13/h2H,1,3-4H2. The predicted molar refractivity (Wildman–Crippen MR) is 48.3 cm³/mol. The number of hydrogen-bond acceptors (Lipinski definition) is 1. The van der Waals surface area contributed by atoms with Crippen LogP contribution in [0.5, 0.6) is 0 Å². The van der Waals surface area contributed by atoms with Crippen molar-refractivity contribution in [3.8, 4) is 0 Å². The Morgan fingerprint density at radius 3 is 2.18 bits per heavy atom. The molecule has 0 unspecified atom stereocenters. The first-order valence-electron chi connectivity index (χ1n) is 4.46. The molecule has 0 radical (unpaired) electrons. The molecule has 0 atom stereocenters. The summed E-state index contributed by atoms with van der Waals surface area (Å²) in [5, 5.41) is 0. The van der Waals surface area contributed by atoms with Crippen molar-refractivity contribution < 1.29 is 31.1 Å². The van der Waals surface area contributed by atoms with Gasteiger partial charge in [-0.2, -0.15) is 13.2 Å². The topological polar surface area (TPSA) is 9.23 Å². The Labute approximate surface area is 97.7 Å². The van der Waals surface area contributed by atoms with Gasteiger partial charge in [-0.05, 0) is 12.0 Å². The van der Waals surface area contributed by atoms with Crippen LogP contribution < -0.4 is 0 Å². The van der Waals surface area contributed by atoms with E-state index in [0.717, 1.165) is 0 Å². The fourth-order valence-corrected chi connectivity index (χ4v) is 1.73. The molecule has 0 spiro atoms. The molecule has 0 aromatic rings. The lowest BCUT2D eigenvalue weighted by Gasteiger charge is -2.23. The normalized spacial score (nSPS) is 18.2. The van der Waals surface area contributed by atoms with E-state index in [0.29, 0.717) is 0 Å². The van der Waals surface area contributed by atoms with Gasteiger partial charge in [-0.15, -0.1) is 24.8 Å². The summed E-state index contributed by atoms with van der Waals surface area (Å²) in [5.74, 6) is -1.64. The summed E-state index contributed by atoms with van der Waals surface area (Å²) >= 11 is 5.28. The molecular weight excluding hydrogens is 274 g/mol. The molecule has 0 aromatic carbocycles. The van der Waals surface area contributed by atoms with Crippen LogP contribution in [0.15, 0.2) is 23.0 Å². The summed E-state index contributed by atoms with van der Waals surface area (Å²) in [5.41, 5.74) is -1.80. The van der Waals surface area contributed by atoms with Gasteiger partial charge >= 0.3 is 12.5 Å². The third-order valence-electron chi connectivity index (χ3n) is 2.03. The zero-order valence-corrected chi connectivity index (χ0v) is 9.01. The Kier molecular flexibility index (Phi) is 4.01. The number of rotatable bonds is 2. The van der Waals surface area contributed by atoms with Gasteiger partial charge in [0, 0.05) is 12.3 Å². The molecule has 98 valence electrons. The van der Waals surface area contributed by atoms with Crippen molar-refractivity contribution in [1.82, 2.24) is 0 Å². The number of allylic oxidation sites excluding steroid dienone is 4. The average Bonchev–Trinajstić information content (AvgIpc) is 2.12. The summed E-state index contributed by atoms with van der Waals surface area (Å²) in [6.45, 7) is 0. The van der Waals surface area contributed by atoms with E-state index in [1.165, 1.54) is 6.08 Å². The maximum Gasteiger partial charge on any atom is 0.572 e. The van der Waals surface area contributed by atoms with Crippen molar-refractivity contribution in [2.45, 2.75) is 25.4 Å². The summed E-state index contributed by atoms with van der Waals surface area (Å²) < 4.78 is 77.1. The Bertz CT molecular complexity index is 351. The monoisotopic (exact) mass is 280 g/mol. The Morgan fingerprint density at radius 1 is 1.18 bits per heavy atom. The molecule has 0 saturated carbocycles. The predicted octanol–water partition coefficient (Wildman–Crippen LogP) is 4.30. The maximum atomic E-state index is 12.6. The van der Waals surface area contributed by atoms with Crippen molar-refractivity contribution in [2.75, 3.05) is 5.88 Å². The van der Waals surface area contributed by atoms with E-state index < -0.39 is 36.2 Å². The molecule has 1 aliphatic carbocycles. The van der Waals surface area contributed by atoms with Gasteiger partial charge in [-0.25, -0.2) is 0 Å². The zero-order valence-electron chi connectivity index (χ0n) is 8.25. The van der Waals surface area contributed by atoms with Crippen LogP contribution >= 0.6 is 11.6 Å². The average molecular weight is 281 g/mol. The van der Waals surface area contributed by atoms with Crippen molar-refractivity contribution in [2.24, 2.45) is 0 Å². The lowest BCUT2D eigenvalue weighted by molar-refractivity contribution is -0.307. The van der Waals surface area contributed by atoms with E-state index in [1.807, 2.05) is 0 Å². The van der Waals surface area contributed by atoms with Crippen LogP contribution in [-0.2, 0) is 4.74 Å². The van der Waals surface area contributed by atoms with Crippen molar-refractivity contribution in [3.63, 3.8) is 0 Å². The van der Waals surface area contributed by atoms with E-state index in [9.17, 15) is 26.3 Å². The fraction of sp³-hybridized carbons (Fsp3) is 0.556. The SMILES string of the molecule is FC(F)(F)OC1=C(C(F)(F)F)C(CCl)=CCC1. The van der Waals surface area contributed by atoms with Crippen LogP contribution in [-0.4, -0.2) is 18.4 Å². The van der Waals surface area contributed by atoms with Crippen LogP contribution in [0.3, 0.4) is 0 Å². The fourth-order valence-electron chi connectivity index (χ4n) is 1.49. The number of ether oxygens (including phenoxy) is 1. The molecule has 1 aliphatic rings. The summed E-state index contributed by atoms with van der Waals surface area (Å²) in [6.07, 6.45) is -9.30. The van der Waals surface area contributed by atoms with Gasteiger partial charge in [0.2, 0.25) is 0 Å². The number of alkyl halides is 7. The Balaban J connectivity index is 3.17. The molecule has 0 amide bonds. The molecule has 0 saturated heterocycles. The van der Waals surface area contributed by atoms with Gasteiger partial charge in [0.25, 0.3) is 0 Å².